The second-order valence-corrected chi connectivity index (χ2v) is 8.33. The van der Waals surface area contributed by atoms with Crippen LogP contribution in [0, 0.1) is 0 Å². The minimum Gasteiger partial charge on any atom is -0.349 e. The van der Waals surface area contributed by atoms with Gasteiger partial charge in [0.05, 0.1) is 18.8 Å². The standard InChI is InChI=1S/C20H22N4O3S/c1-23-19(26)17(28-20(23)27)10-18(25)22-15-8-5-9-16-14(15)11-21-24(16)12-13-6-3-2-4-7-13/h2-4,6-7,11,15,17H,5,8-10,12H2,1H3,(H,22,25)/t15-,17+/m0/s1. The average Bonchev–Trinajstić information content (AvgIpc) is 3.20. The lowest BCUT2D eigenvalue weighted by Crippen LogP contribution is -2.35. The number of nitrogens with zero attached hydrogens (tertiary/aromatic N) is 3. The topological polar surface area (TPSA) is 84.3 Å². The van der Waals surface area contributed by atoms with E-state index in [1.54, 1.807) is 0 Å². The fraction of sp³-hybridized carbons (Fsp3) is 0.400. The molecule has 7 nitrogen and oxygen atoms in total. The maximum absolute atomic E-state index is 12.5. The largest absolute Gasteiger partial charge is 0.349 e. The van der Waals surface area contributed by atoms with Crippen molar-refractivity contribution in [3.05, 3.63) is 53.3 Å². The molecule has 0 radical (unpaired) electrons. The Morgan fingerprint density at radius 2 is 2.07 bits per heavy atom. The Morgan fingerprint density at radius 3 is 2.79 bits per heavy atom. The Balaban J connectivity index is 1.43. The van der Waals surface area contributed by atoms with E-state index in [-0.39, 0.29) is 29.5 Å². The average molecular weight is 398 g/mol. The normalized spacial score (nSPS) is 21.7. The molecule has 1 fully saturated rings. The van der Waals surface area contributed by atoms with Crippen LogP contribution in [0.1, 0.15) is 42.1 Å². The number of amides is 3. The Labute approximate surface area is 167 Å². The number of fused-ring (bicyclic) bond motifs is 1. The minimum atomic E-state index is -0.624. The summed E-state index contributed by atoms with van der Waals surface area (Å²) >= 11 is 0.923. The van der Waals surface area contributed by atoms with Crippen molar-refractivity contribution in [2.24, 2.45) is 0 Å². The van der Waals surface area contributed by atoms with Crippen molar-refractivity contribution in [1.82, 2.24) is 20.0 Å². The van der Waals surface area contributed by atoms with Crippen molar-refractivity contribution in [2.75, 3.05) is 7.05 Å². The van der Waals surface area contributed by atoms with Crippen molar-refractivity contribution >= 4 is 28.8 Å². The highest BCUT2D eigenvalue weighted by molar-refractivity contribution is 8.15. The van der Waals surface area contributed by atoms with Gasteiger partial charge in [-0.05, 0) is 24.8 Å². The van der Waals surface area contributed by atoms with E-state index >= 15 is 0 Å². The second-order valence-electron chi connectivity index (χ2n) is 7.18. The van der Waals surface area contributed by atoms with Gasteiger partial charge in [-0.15, -0.1) is 0 Å². The number of carbonyl (C=O) groups is 3. The summed E-state index contributed by atoms with van der Waals surface area (Å²) in [5, 5.41) is 6.66. The van der Waals surface area contributed by atoms with Crippen LogP contribution in [0.3, 0.4) is 0 Å². The van der Waals surface area contributed by atoms with Gasteiger partial charge in [0.2, 0.25) is 11.8 Å². The highest BCUT2D eigenvalue weighted by Crippen LogP contribution is 2.31. The van der Waals surface area contributed by atoms with Crippen molar-refractivity contribution in [3.8, 4) is 0 Å². The first-order valence-corrected chi connectivity index (χ1v) is 10.3. The van der Waals surface area contributed by atoms with Gasteiger partial charge >= 0.3 is 0 Å². The number of carbonyl (C=O) groups excluding carboxylic acids is 3. The zero-order chi connectivity index (χ0) is 19.7. The molecule has 146 valence electrons. The van der Waals surface area contributed by atoms with Gasteiger partial charge in [-0.2, -0.15) is 5.10 Å². The third-order valence-electron chi connectivity index (χ3n) is 5.27. The van der Waals surface area contributed by atoms with Gasteiger partial charge < -0.3 is 5.32 Å². The van der Waals surface area contributed by atoms with E-state index in [0.717, 1.165) is 47.2 Å². The predicted molar refractivity (Wildman–Crippen MR) is 106 cm³/mol. The Bertz CT molecular complexity index is 911. The zero-order valence-electron chi connectivity index (χ0n) is 15.6. The lowest BCUT2D eigenvalue weighted by molar-refractivity contribution is -0.129. The maximum atomic E-state index is 12.5. The van der Waals surface area contributed by atoms with Crippen LogP contribution in [-0.4, -0.2) is 44.0 Å². The summed E-state index contributed by atoms with van der Waals surface area (Å²) in [6.45, 7) is 0.707. The number of nitrogens with one attached hydrogen (secondary N) is 1. The Hall–Kier alpha value is -2.61. The molecular weight excluding hydrogens is 376 g/mol. The van der Waals surface area contributed by atoms with E-state index in [0.29, 0.717) is 6.54 Å². The summed E-state index contributed by atoms with van der Waals surface area (Å²) in [6, 6.07) is 10.1. The number of hydrogen-bond donors (Lipinski definition) is 1. The molecule has 0 spiro atoms. The van der Waals surface area contributed by atoms with Crippen molar-refractivity contribution < 1.29 is 14.4 Å². The van der Waals surface area contributed by atoms with Crippen LogP contribution in [0.4, 0.5) is 4.79 Å². The van der Waals surface area contributed by atoms with Crippen LogP contribution >= 0.6 is 11.8 Å². The molecule has 28 heavy (non-hydrogen) atoms. The highest BCUT2D eigenvalue weighted by atomic mass is 32.2. The molecule has 4 rings (SSSR count). The lowest BCUT2D eigenvalue weighted by atomic mass is 9.92. The number of thioether (sulfide) groups is 1. The Kier molecular flexibility index (Phi) is 5.21. The SMILES string of the molecule is CN1C(=O)S[C@H](CC(=O)N[C@H]2CCCc3c2cnn3Cc2ccccc2)C1=O. The summed E-state index contributed by atoms with van der Waals surface area (Å²) in [6.07, 6.45) is 4.61. The number of rotatable bonds is 5. The fourth-order valence-electron chi connectivity index (χ4n) is 3.77. The van der Waals surface area contributed by atoms with E-state index in [9.17, 15) is 14.4 Å². The van der Waals surface area contributed by atoms with Crippen LogP contribution in [0.2, 0.25) is 0 Å². The van der Waals surface area contributed by atoms with Gasteiger partial charge in [-0.3, -0.25) is 24.0 Å². The predicted octanol–water partition coefficient (Wildman–Crippen LogP) is 2.51. The van der Waals surface area contributed by atoms with E-state index in [1.807, 2.05) is 29.1 Å². The van der Waals surface area contributed by atoms with Crippen molar-refractivity contribution in [2.45, 2.75) is 43.5 Å². The summed E-state index contributed by atoms with van der Waals surface area (Å²) in [5.41, 5.74) is 3.39. The second kappa shape index (κ2) is 7.79. The molecule has 2 aliphatic rings. The van der Waals surface area contributed by atoms with E-state index in [2.05, 4.69) is 22.5 Å². The van der Waals surface area contributed by atoms with Gasteiger partial charge in [-0.1, -0.05) is 42.1 Å². The number of aromatic nitrogens is 2. The van der Waals surface area contributed by atoms with Crippen molar-refractivity contribution in [1.29, 1.82) is 0 Å². The smallest absolute Gasteiger partial charge is 0.288 e. The van der Waals surface area contributed by atoms with Gasteiger partial charge in [0.1, 0.15) is 5.25 Å². The van der Waals surface area contributed by atoms with Crippen molar-refractivity contribution in [3.63, 3.8) is 0 Å². The maximum Gasteiger partial charge on any atom is 0.288 e. The molecule has 2 heterocycles. The molecule has 2 atom stereocenters. The molecule has 2 aromatic rings. The number of hydrogen-bond acceptors (Lipinski definition) is 5. The molecule has 1 N–H and O–H groups in total. The van der Waals surface area contributed by atoms with Crippen LogP contribution in [0.5, 0.6) is 0 Å². The number of imide groups is 1. The quantitative estimate of drug-likeness (QED) is 0.837. The van der Waals surface area contributed by atoms with Gasteiger partial charge in [0.25, 0.3) is 5.24 Å². The summed E-state index contributed by atoms with van der Waals surface area (Å²) < 4.78 is 2.01. The highest BCUT2D eigenvalue weighted by Gasteiger charge is 2.38. The molecular formula is C20H22N4O3S. The molecule has 8 heteroatoms. The van der Waals surface area contributed by atoms with Gasteiger partial charge in [0.15, 0.2) is 0 Å². The van der Waals surface area contributed by atoms with Gasteiger partial charge in [-0.25, -0.2) is 0 Å². The molecule has 0 bridgehead atoms. The first-order valence-electron chi connectivity index (χ1n) is 9.39. The molecule has 0 unspecified atom stereocenters. The van der Waals surface area contributed by atoms with Crippen LogP contribution in [-0.2, 0) is 22.6 Å². The lowest BCUT2D eigenvalue weighted by Gasteiger charge is -2.24. The molecule has 1 aliphatic heterocycles. The minimum absolute atomic E-state index is 0.0174. The molecule has 0 saturated carbocycles. The summed E-state index contributed by atoms with van der Waals surface area (Å²) in [4.78, 5) is 37.2. The van der Waals surface area contributed by atoms with Crippen LogP contribution in [0.25, 0.3) is 0 Å². The first kappa shape index (κ1) is 18.7. The Morgan fingerprint density at radius 1 is 1.29 bits per heavy atom. The van der Waals surface area contributed by atoms with Crippen LogP contribution in [0.15, 0.2) is 36.5 Å². The van der Waals surface area contributed by atoms with E-state index in [1.165, 1.54) is 12.6 Å². The molecule has 1 saturated heterocycles. The molecule has 3 amide bonds. The molecule has 1 aliphatic carbocycles. The molecule has 1 aromatic heterocycles. The van der Waals surface area contributed by atoms with E-state index < -0.39 is 5.25 Å². The molecule has 1 aromatic carbocycles. The van der Waals surface area contributed by atoms with Gasteiger partial charge in [0, 0.05) is 24.7 Å². The monoisotopic (exact) mass is 398 g/mol. The number of benzene rings is 1. The summed E-state index contributed by atoms with van der Waals surface area (Å²) in [7, 11) is 1.45. The third kappa shape index (κ3) is 3.69. The summed E-state index contributed by atoms with van der Waals surface area (Å²) in [5.74, 6) is -0.507. The third-order valence-corrected chi connectivity index (χ3v) is 6.40. The van der Waals surface area contributed by atoms with E-state index in [4.69, 9.17) is 0 Å². The first-order chi connectivity index (χ1) is 13.5. The zero-order valence-corrected chi connectivity index (χ0v) is 16.4. The van der Waals surface area contributed by atoms with Crippen LogP contribution < -0.4 is 5.32 Å². The fourth-order valence-corrected chi connectivity index (χ4v) is 4.75.